The third-order valence-corrected chi connectivity index (χ3v) is 6.35. The molecule has 0 saturated carbocycles. The number of carbonyl (C=O) groups excluding carboxylic acids is 2. The summed E-state index contributed by atoms with van der Waals surface area (Å²) in [6, 6.07) is 9.83. The van der Waals surface area contributed by atoms with Crippen LogP contribution in [-0.4, -0.2) is 23.0 Å². The molecule has 0 aliphatic heterocycles. The Hall–Kier alpha value is -2.51. The number of hydrogen-bond acceptors (Lipinski definition) is 6. The Morgan fingerprint density at radius 2 is 2.04 bits per heavy atom. The van der Waals surface area contributed by atoms with Gasteiger partial charge in [0.15, 0.2) is 11.8 Å². The highest BCUT2D eigenvalue weighted by molar-refractivity contribution is 7.20. The maximum atomic E-state index is 12.4. The van der Waals surface area contributed by atoms with Crippen molar-refractivity contribution in [2.45, 2.75) is 32.3 Å². The molecule has 2 heterocycles. The fourth-order valence-corrected chi connectivity index (χ4v) is 4.65. The minimum atomic E-state index is -0.905. The number of thiazole rings is 1. The lowest BCUT2D eigenvalue weighted by molar-refractivity contribution is -0.123. The van der Waals surface area contributed by atoms with Crippen molar-refractivity contribution >= 4 is 40.2 Å². The van der Waals surface area contributed by atoms with Gasteiger partial charge in [-0.25, -0.2) is 9.78 Å². The molecule has 27 heavy (non-hydrogen) atoms. The number of aromatic nitrogens is 1. The molecule has 0 radical (unpaired) electrons. The van der Waals surface area contributed by atoms with E-state index in [1.165, 1.54) is 22.5 Å². The Balaban J connectivity index is 1.37. The van der Waals surface area contributed by atoms with Crippen LogP contribution in [0, 0.1) is 0 Å². The zero-order valence-electron chi connectivity index (χ0n) is 14.7. The highest BCUT2D eigenvalue weighted by atomic mass is 32.1. The predicted molar refractivity (Wildman–Crippen MR) is 107 cm³/mol. The number of nitrogens with one attached hydrogen (secondary N) is 1. The molecule has 0 bridgehead atoms. The summed E-state index contributed by atoms with van der Waals surface area (Å²) < 4.78 is 5.29. The van der Waals surface area contributed by atoms with Crippen LogP contribution in [-0.2, 0) is 22.4 Å². The van der Waals surface area contributed by atoms with E-state index in [2.05, 4.69) is 16.4 Å². The van der Waals surface area contributed by atoms with Gasteiger partial charge in [-0.2, -0.15) is 0 Å². The van der Waals surface area contributed by atoms with E-state index in [9.17, 15) is 9.59 Å². The first-order chi connectivity index (χ1) is 13.1. The molecule has 0 spiro atoms. The molecule has 2 aromatic heterocycles. The van der Waals surface area contributed by atoms with Crippen molar-refractivity contribution < 1.29 is 14.3 Å². The number of hydrogen-bond donors (Lipinski definition) is 1. The Morgan fingerprint density at radius 1 is 1.19 bits per heavy atom. The van der Waals surface area contributed by atoms with E-state index in [1.807, 2.05) is 29.6 Å². The second-order valence-electron chi connectivity index (χ2n) is 6.39. The van der Waals surface area contributed by atoms with Gasteiger partial charge in [0.25, 0.3) is 5.91 Å². The fraction of sp³-hybridized carbons (Fsp3) is 0.250. The van der Waals surface area contributed by atoms with Crippen LogP contribution in [0.3, 0.4) is 0 Å². The molecular formula is C20H18N2O3S2. The molecule has 4 rings (SSSR count). The number of esters is 1. The van der Waals surface area contributed by atoms with Crippen LogP contribution in [0.1, 0.15) is 35.0 Å². The summed E-state index contributed by atoms with van der Waals surface area (Å²) in [5.74, 6) is -0.944. The van der Waals surface area contributed by atoms with Crippen LogP contribution in [0.2, 0.25) is 0 Å². The zero-order valence-corrected chi connectivity index (χ0v) is 16.4. The van der Waals surface area contributed by atoms with Crippen LogP contribution in [0.15, 0.2) is 41.1 Å². The van der Waals surface area contributed by atoms with Crippen molar-refractivity contribution in [3.05, 3.63) is 57.9 Å². The van der Waals surface area contributed by atoms with Crippen molar-refractivity contribution in [2.24, 2.45) is 0 Å². The molecule has 3 aromatic rings. The zero-order chi connectivity index (χ0) is 18.8. The highest BCUT2D eigenvalue weighted by Gasteiger charge is 2.22. The molecule has 0 fully saturated rings. The highest BCUT2D eigenvalue weighted by Crippen LogP contribution is 2.28. The third kappa shape index (κ3) is 3.94. The molecule has 1 aliphatic rings. The number of nitrogens with zero attached hydrogens (tertiary/aromatic N) is 1. The van der Waals surface area contributed by atoms with E-state index in [0.717, 1.165) is 34.8 Å². The summed E-state index contributed by atoms with van der Waals surface area (Å²) in [4.78, 5) is 30.0. The Bertz CT molecular complexity index is 979. The van der Waals surface area contributed by atoms with Crippen LogP contribution >= 0.6 is 22.7 Å². The fourth-order valence-electron chi connectivity index (χ4n) is 3.05. The van der Waals surface area contributed by atoms with E-state index in [-0.39, 0.29) is 11.6 Å². The molecule has 7 heteroatoms. The second-order valence-corrected chi connectivity index (χ2v) is 8.19. The number of rotatable bonds is 5. The Labute approximate surface area is 165 Å². The largest absolute Gasteiger partial charge is 0.448 e. The number of fused-ring (bicyclic) bond motifs is 1. The van der Waals surface area contributed by atoms with Crippen molar-refractivity contribution in [1.82, 2.24) is 4.98 Å². The van der Waals surface area contributed by atoms with Gasteiger partial charge in [0.2, 0.25) is 0 Å². The molecule has 5 nitrogen and oxygen atoms in total. The smallest absolute Gasteiger partial charge is 0.358 e. The minimum Gasteiger partial charge on any atom is -0.448 e. The van der Waals surface area contributed by atoms with E-state index in [0.29, 0.717) is 0 Å². The van der Waals surface area contributed by atoms with E-state index >= 15 is 0 Å². The monoisotopic (exact) mass is 398 g/mol. The maximum Gasteiger partial charge on any atom is 0.358 e. The first-order valence-corrected chi connectivity index (χ1v) is 10.5. The molecule has 1 N–H and O–H groups in total. The van der Waals surface area contributed by atoms with Crippen LogP contribution in [0.4, 0.5) is 5.69 Å². The third-order valence-electron chi connectivity index (χ3n) is 4.46. The van der Waals surface area contributed by atoms with Gasteiger partial charge in [-0.3, -0.25) is 4.79 Å². The lowest BCUT2D eigenvalue weighted by Crippen LogP contribution is -2.30. The van der Waals surface area contributed by atoms with Gasteiger partial charge in [-0.15, -0.1) is 22.7 Å². The molecule has 0 saturated heterocycles. The maximum absolute atomic E-state index is 12.4. The lowest BCUT2D eigenvalue weighted by atomic mass is 10.1. The molecular weight excluding hydrogens is 380 g/mol. The summed E-state index contributed by atoms with van der Waals surface area (Å²) in [7, 11) is 0. The van der Waals surface area contributed by atoms with Gasteiger partial charge in [-0.05, 0) is 60.9 Å². The number of ether oxygens (including phenoxy) is 1. The van der Waals surface area contributed by atoms with Gasteiger partial charge in [0, 0.05) is 11.1 Å². The van der Waals surface area contributed by atoms with Gasteiger partial charge in [0.1, 0.15) is 5.01 Å². The number of benzene rings is 1. The minimum absolute atomic E-state index is 0.223. The van der Waals surface area contributed by atoms with Gasteiger partial charge in [-0.1, -0.05) is 12.1 Å². The second kappa shape index (κ2) is 7.62. The first kappa shape index (κ1) is 17.9. The molecule has 1 aromatic carbocycles. The van der Waals surface area contributed by atoms with E-state index in [1.54, 1.807) is 23.6 Å². The summed E-state index contributed by atoms with van der Waals surface area (Å²) in [5.41, 5.74) is 3.58. The van der Waals surface area contributed by atoms with Gasteiger partial charge < -0.3 is 10.1 Å². The topological polar surface area (TPSA) is 68.3 Å². The SMILES string of the molecule is C[C@@H](OC(=O)c1csc(-c2cccs2)n1)C(=O)Nc1ccc2c(c1)CCC2. The van der Waals surface area contributed by atoms with Crippen molar-refractivity contribution in [3.8, 4) is 9.88 Å². The van der Waals surface area contributed by atoms with Crippen molar-refractivity contribution in [2.75, 3.05) is 5.32 Å². The van der Waals surface area contributed by atoms with Gasteiger partial charge >= 0.3 is 5.97 Å². The summed E-state index contributed by atoms with van der Waals surface area (Å²) in [6.45, 7) is 1.56. The first-order valence-electron chi connectivity index (χ1n) is 8.73. The summed E-state index contributed by atoms with van der Waals surface area (Å²) in [5, 5.41) is 7.21. The summed E-state index contributed by atoms with van der Waals surface area (Å²) in [6.07, 6.45) is 2.39. The van der Waals surface area contributed by atoms with Gasteiger partial charge in [0.05, 0.1) is 4.88 Å². The average molecular weight is 399 g/mol. The molecule has 138 valence electrons. The molecule has 1 atom stereocenters. The molecule has 0 unspecified atom stereocenters. The van der Waals surface area contributed by atoms with Crippen LogP contribution in [0.5, 0.6) is 0 Å². The summed E-state index contributed by atoms with van der Waals surface area (Å²) >= 11 is 2.94. The van der Waals surface area contributed by atoms with E-state index < -0.39 is 12.1 Å². The van der Waals surface area contributed by atoms with Crippen LogP contribution < -0.4 is 5.32 Å². The molecule has 1 aliphatic carbocycles. The lowest BCUT2D eigenvalue weighted by Gasteiger charge is -2.13. The Kier molecular flexibility index (Phi) is 5.05. The quantitative estimate of drug-likeness (QED) is 0.641. The number of amides is 1. The normalized spacial score (nSPS) is 13.8. The van der Waals surface area contributed by atoms with Crippen molar-refractivity contribution in [3.63, 3.8) is 0 Å². The Morgan fingerprint density at radius 3 is 2.85 bits per heavy atom. The van der Waals surface area contributed by atoms with Crippen molar-refractivity contribution in [1.29, 1.82) is 0 Å². The standard InChI is InChI=1S/C20H18N2O3S2/c1-12(18(23)21-15-8-7-13-4-2-5-14(13)10-15)25-20(24)16-11-27-19(22-16)17-6-3-9-26-17/h3,6-12H,2,4-5H2,1H3,(H,21,23)/t12-/m1/s1. The average Bonchev–Trinajstić information content (AvgIpc) is 3.40. The number of aryl methyl sites for hydroxylation is 2. The number of carbonyl (C=O) groups is 2. The number of thiophene rings is 1. The number of anilines is 1. The molecule has 1 amide bonds. The van der Waals surface area contributed by atoms with E-state index in [4.69, 9.17) is 4.74 Å². The predicted octanol–water partition coefficient (Wildman–Crippen LogP) is 4.54. The van der Waals surface area contributed by atoms with Crippen LogP contribution in [0.25, 0.3) is 9.88 Å².